The molecule has 0 amide bonds. The third-order valence-corrected chi connectivity index (χ3v) is 5.21. The van der Waals surface area contributed by atoms with Gasteiger partial charge in [-0.2, -0.15) is 0 Å². The minimum atomic E-state index is 0.336. The summed E-state index contributed by atoms with van der Waals surface area (Å²) in [5.74, 6) is 0.336. The molecule has 2 N–H and O–H groups in total. The zero-order valence-electron chi connectivity index (χ0n) is 13.1. The summed E-state index contributed by atoms with van der Waals surface area (Å²) in [5, 5.41) is 13.0. The number of rotatable bonds is 7. The zero-order valence-corrected chi connectivity index (χ0v) is 13.9. The molecule has 2 nitrogen and oxygen atoms in total. The number of aryl methyl sites for hydroxylation is 2. The lowest BCUT2D eigenvalue weighted by Crippen LogP contribution is -2.28. The van der Waals surface area contributed by atoms with Gasteiger partial charge < -0.3 is 10.4 Å². The Labute approximate surface area is 131 Å². The van der Waals surface area contributed by atoms with E-state index in [9.17, 15) is 5.11 Å². The molecule has 0 bridgehead atoms. The molecule has 0 fully saturated rings. The van der Waals surface area contributed by atoms with E-state index >= 15 is 0 Å². The van der Waals surface area contributed by atoms with Crippen LogP contribution in [0.3, 0.4) is 0 Å². The van der Waals surface area contributed by atoms with E-state index in [0.717, 1.165) is 19.3 Å². The van der Waals surface area contributed by atoms with E-state index in [0.29, 0.717) is 17.8 Å². The Morgan fingerprint density at radius 2 is 1.81 bits per heavy atom. The van der Waals surface area contributed by atoms with Crippen LogP contribution in [0.25, 0.3) is 0 Å². The fraction of sp³-hybridized carbons (Fsp3) is 0.444. The van der Waals surface area contributed by atoms with Gasteiger partial charge in [-0.25, -0.2) is 0 Å². The average Bonchev–Trinajstić information content (AvgIpc) is 2.96. The molecule has 0 spiro atoms. The van der Waals surface area contributed by atoms with Gasteiger partial charge >= 0.3 is 0 Å². The van der Waals surface area contributed by atoms with Crippen LogP contribution in [-0.4, -0.2) is 11.1 Å². The predicted octanol–water partition coefficient (Wildman–Crippen LogP) is 4.69. The van der Waals surface area contributed by atoms with Gasteiger partial charge in [0, 0.05) is 21.8 Å². The summed E-state index contributed by atoms with van der Waals surface area (Å²) < 4.78 is 0. The Kier molecular flexibility index (Phi) is 5.83. The van der Waals surface area contributed by atoms with E-state index in [4.69, 9.17) is 0 Å². The molecule has 0 saturated heterocycles. The molecule has 0 aliphatic heterocycles. The molecule has 2 atom stereocenters. The molecule has 3 heteroatoms. The van der Waals surface area contributed by atoms with Crippen molar-refractivity contribution in [3.63, 3.8) is 0 Å². The average molecular weight is 303 g/mol. The number of hydrogen-bond acceptors (Lipinski definition) is 3. The van der Waals surface area contributed by atoms with Crippen molar-refractivity contribution in [2.75, 3.05) is 0 Å². The van der Waals surface area contributed by atoms with Crippen molar-refractivity contribution in [1.29, 1.82) is 0 Å². The number of hydrogen-bond donors (Lipinski definition) is 2. The quantitative estimate of drug-likeness (QED) is 0.778. The van der Waals surface area contributed by atoms with Crippen LogP contribution < -0.4 is 5.32 Å². The van der Waals surface area contributed by atoms with Crippen LogP contribution in [0.1, 0.15) is 48.6 Å². The molecule has 0 aliphatic carbocycles. The highest BCUT2D eigenvalue weighted by molar-refractivity contribution is 7.12. The van der Waals surface area contributed by atoms with Crippen molar-refractivity contribution in [2.24, 2.45) is 0 Å². The van der Waals surface area contributed by atoms with Crippen molar-refractivity contribution in [3.8, 4) is 5.75 Å². The summed E-state index contributed by atoms with van der Waals surface area (Å²) in [5.41, 5.74) is 1.28. The van der Waals surface area contributed by atoms with E-state index in [1.165, 1.54) is 15.3 Å². The molecule has 1 aromatic heterocycles. The minimum Gasteiger partial charge on any atom is -0.508 e. The third-order valence-electron chi connectivity index (χ3n) is 3.79. The van der Waals surface area contributed by atoms with E-state index in [-0.39, 0.29) is 0 Å². The van der Waals surface area contributed by atoms with Crippen molar-refractivity contribution in [2.45, 2.75) is 52.1 Å². The summed E-state index contributed by atoms with van der Waals surface area (Å²) in [6.07, 6.45) is 3.25. The maximum absolute atomic E-state index is 9.29. The highest BCUT2D eigenvalue weighted by Gasteiger charge is 2.11. The van der Waals surface area contributed by atoms with Crippen LogP contribution >= 0.6 is 11.3 Å². The summed E-state index contributed by atoms with van der Waals surface area (Å²) in [6.45, 7) is 6.68. The first kappa shape index (κ1) is 16.1. The summed E-state index contributed by atoms with van der Waals surface area (Å²) in [7, 11) is 0. The van der Waals surface area contributed by atoms with Gasteiger partial charge in [0.2, 0.25) is 0 Å². The van der Waals surface area contributed by atoms with Gasteiger partial charge in [0.05, 0.1) is 0 Å². The lowest BCUT2D eigenvalue weighted by Gasteiger charge is -2.19. The first-order valence-corrected chi connectivity index (χ1v) is 8.52. The molecule has 0 radical (unpaired) electrons. The maximum Gasteiger partial charge on any atom is 0.115 e. The predicted molar refractivity (Wildman–Crippen MR) is 91.1 cm³/mol. The van der Waals surface area contributed by atoms with Crippen LogP contribution in [-0.2, 0) is 12.8 Å². The van der Waals surface area contributed by atoms with Crippen molar-refractivity contribution in [3.05, 3.63) is 51.7 Å². The highest BCUT2D eigenvalue weighted by Crippen LogP contribution is 2.24. The molecule has 21 heavy (non-hydrogen) atoms. The number of benzene rings is 1. The number of phenols is 1. The summed E-state index contributed by atoms with van der Waals surface area (Å²) in [6, 6.07) is 12.9. The molecule has 0 aliphatic rings. The number of thiophene rings is 1. The topological polar surface area (TPSA) is 32.3 Å². The van der Waals surface area contributed by atoms with Gasteiger partial charge in [-0.05, 0) is 62.9 Å². The second-order valence-corrected chi connectivity index (χ2v) is 6.85. The molecule has 1 heterocycles. The molecule has 1 aromatic carbocycles. The van der Waals surface area contributed by atoms with E-state index in [1.54, 1.807) is 12.1 Å². The van der Waals surface area contributed by atoms with Crippen molar-refractivity contribution >= 4 is 11.3 Å². The molecular weight excluding hydrogens is 278 g/mol. The lowest BCUT2D eigenvalue weighted by atomic mass is 10.1. The van der Waals surface area contributed by atoms with Crippen LogP contribution in [0.2, 0.25) is 0 Å². The normalized spacial score (nSPS) is 14.0. The first-order valence-electron chi connectivity index (χ1n) is 7.71. The van der Waals surface area contributed by atoms with Crippen molar-refractivity contribution in [1.82, 2.24) is 5.32 Å². The minimum absolute atomic E-state index is 0.336. The second kappa shape index (κ2) is 7.62. The van der Waals surface area contributed by atoms with E-state index < -0.39 is 0 Å². The fourth-order valence-electron chi connectivity index (χ4n) is 2.46. The van der Waals surface area contributed by atoms with Gasteiger partial charge in [-0.3, -0.25) is 0 Å². The Morgan fingerprint density at radius 1 is 1.10 bits per heavy atom. The second-order valence-electron chi connectivity index (χ2n) is 5.65. The van der Waals surface area contributed by atoms with Crippen LogP contribution in [0.4, 0.5) is 0 Å². The molecule has 114 valence electrons. The van der Waals surface area contributed by atoms with Crippen LogP contribution in [0, 0.1) is 0 Å². The lowest BCUT2D eigenvalue weighted by molar-refractivity contribution is 0.459. The van der Waals surface area contributed by atoms with Gasteiger partial charge in [0.25, 0.3) is 0 Å². The highest BCUT2D eigenvalue weighted by atomic mass is 32.1. The van der Waals surface area contributed by atoms with Gasteiger partial charge in [0.15, 0.2) is 0 Å². The smallest absolute Gasteiger partial charge is 0.115 e. The first-order chi connectivity index (χ1) is 10.1. The maximum atomic E-state index is 9.29. The Hall–Kier alpha value is -1.32. The molecule has 2 unspecified atom stereocenters. The third kappa shape index (κ3) is 4.87. The fourth-order valence-corrected chi connectivity index (χ4v) is 3.42. The molecular formula is C18H25NOS. The van der Waals surface area contributed by atoms with Crippen molar-refractivity contribution < 1.29 is 5.11 Å². The van der Waals surface area contributed by atoms with Gasteiger partial charge in [-0.15, -0.1) is 11.3 Å². The molecule has 2 aromatic rings. The Bertz CT molecular complexity index is 547. The standard InChI is InChI=1S/C18H25NOS/c1-4-17-11-12-18(21-17)14(3)19-13(2)5-6-15-7-9-16(20)10-8-15/h7-14,19-20H,4-6H2,1-3H3. The largest absolute Gasteiger partial charge is 0.508 e. The molecule has 2 rings (SSSR count). The van der Waals surface area contributed by atoms with E-state index in [1.807, 2.05) is 23.5 Å². The van der Waals surface area contributed by atoms with E-state index in [2.05, 4.69) is 38.2 Å². The van der Waals surface area contributed by atoms with Crippen LogP contribution in [0.15, 0.2) is 36.4 Å². The Morgan fingerprint density at radius 3 is 2.43 bits per heavy atom. The number of aromatic hydroxyl groups is 1. The summed E-state index contributed by atoms with van der Waals surface area (Å²) in [4.78, 5) is 2.87. The summed E-state index contributed by atoms with van der Waals surface area (Å²) >= 11 is 1.91. The SMILES string of the molecule is CCc1ccc(C(C)NC(C)CCc2ccc(O)cc2)s1. The van der Waals surface area contributed by atoms with Crippen LogP contribution in [0.5, 0.6) is 5.75 Å². The zero-order chi connectivity index (χ0) is 15.2. The monoisotopic (exact) mass is 303 g/mol. The van der Waals surface area contributed by atoms with Gasteiger partial charge in [-0.1, -0.05) is 19.1 Å². The van der Waals surface area contributed by atoms with Gasteiger partial charge in [0.1, 0.15) is 5.75 Å². The number of nitrogens with one attached hydrogen (secondary N) is 1. The number of phenolic OH excluding ortho intramolecular Hbond substituents is 1. The molecule has 0 saturated carbocycles. The Balaban J connectivity index is 1.80.